The van der Waals surface area contributed by atoms with E-state index in [1.165, 1.54) is 4.90 Å². The summed E-state index contributed by atoms with van der Waals surface area (Å²) in [5.41, 5.74) is -1.12. The highest BCUT2D eigenvalue weighted by atomic mass is 32.2. The molecule has 0 N–H and O–H groups in total. The van der Waals surface area contributed by atoms with E-state index in [2.05, 4.69) is 6.58 Å². The highest BCUT2D eigenvalue weighted by Gasteiger charge is 2.59. The van der Waals surface area contributed by atoms with Gasteiger partial charge < -0.3 is 9.47 Å². The van der Waals surface area contributed by atoms with E-state index in [0.717, 1.165) is 12.0 Å². The number of amides is 1. The fourth-order valence-corrected chi connectivity index (χ4v) is 3.52. The highest BCUT2D eigenvalue weighted by molar-refractivity contribution is 7.98. The number of ether oxygens (including phenoxy) is 2. The van der Waals surface area contributed by atoms with Gasteiger partial charge in [-0.1, -0.05) is 6.58 Å². The Morgan fingerprint density at radius 3 is 2.52 bits per heavy atom. The van der Waals surface area contributed by atoms with Crippen molar-refractivity contribution in [3.63, 3.8) is 0 Å². The topological polar surface area (TPSA) is 82.1 Å². The van der Waals surface area contributed by atoms with Gasteiger partial charge in [-0.25, -0.2) is 9.59 Å². The number of esters is 2. The standard InChI is InChI=1S/C15H19NO6S/c1-5-20-13(18)10-7-8-11(17)16-12(10)23-22-15(16,9(3)4)14(19)21-6-2/h3,5-8H2,1-2,4H3. The highest BCUT2D eigenvalue weighted by Crippen LogP contribution is 2.50. The molecule has 1 unspecified atom stereocenters. The second kappa shape index (κ2) is 6.76. The summed E-state index contributed by atoms with van der Waals surface area (Å²) in [5, 5.41) is 0.274. The van der Waals surface area contributed by atoms with Crippen molar-refractivity contribution < 1.29 is 28.0 Å². The fraction of sp³-hybridized carbons (Fsp3) is 0.533. The summed E-state index contributed by atoms with van der Waals surface area (Å²) in [4.78, 5) is 38.2. The quantitative estimate of drug-likeness (QED) is 0.429. The third kappa shape index (κ3) is 2.76. The van der Waals surface area contributed by atoms with Crippen molar-refractivity contribution in [1.29, 1.82) is 0 Å². The van der Waals surface area contributed by atoms with Gasteiger partial charge in [-0.15, -0.1) is 0 Å². The Bertz CT molecular complexity index is 599. The van der Waals surface area contributed by atoms with Crippen LogP contribution < -0.4 is 0 Å². The van der Waals surface area contributed by atoms with Gasteiger partial charge >= 0.3 is 11.9 Å². The fourth-order valence-electron chi connectivity index (χ4n) is 2.44. The van der Waals surface area contributed by atoms with E-state index in [1.807, 2.05) is 0 Å². The molecule has 1 saturated heterocycles. The molecule has 2 aliphatic heterocycles. The average Bonchev–Trinajstić information content (AvgIpc) is 2.90. The maximum absolute atomic E-state index is 12.5. The lowest BCUT2D eigenvalue weighted by Crippen LogP contribution is -2.56. The molecule has 2 rings (SSSR count). The summed E-state index contributed by atoms with van der Waals surface area (Å²) in [6, 6.07) is 0. The zero-order chi connectivity index (χ0) is 17.2. The van der Waals surface area contributed by atoms with Gasteiger partial charge in [-0.05, 0) is 32.8 Å². The Hall–Kier alpha value is -1.80. The first-order valence-electron chi connectivity index (χ1n) is 7.32. The number of hydrogen-bond acceptors (Lipinski definition) is 7. The molecule has 23 heavy (non-hydrogen) atoms. The minimum Gasteiger partial charge on any atom is -0.463 e. The van der Waals surface area contributed by atoms with E-state index in [1.54, 1.807) is 20.8 Å². The van der Waals surface area contributed by atoms with Crippen LogP contribution in [0.2, 0.25) is 0 Å². The Kier molecular flexibility index (Phi) is 5.16. The molecule has 1 amide bonds. The number of rotatable bonds is 5. The summed E-state index contributed by atoms with van der Waals surface area (Å²) < 4.78 is 15.7. The molecule has 126 valence electrons. The van der Waals surface area contributed by atoms with Crippen LogP contribution in [0.4, 0.5) is 0 Å². The van der Waals surface area contributed by atoms with Crippen molar-refractivity contribution in [1.82, 2.24) is 4.90 Å². The Balaban J connectivity index is 2.52. The van der Waals surface area contributed by atoms with Crippen molar-refractivity contribution >= 4 is 29.9 Å². The molecule has 1 atom stereocenters. The maximum atomic E-state index is 12.5. The third-order valence-corrected chi connectivity index (χ3v) is 4.42. The van der Waals surface area contributed by atoms with Gasteiger partial charge in [-0.3, -0.25) is 13.9 Å². The largest absolute Gasteiger partial charge is 0.463 e. The molecular weight excluding hydrogens is 322 g/mol. The van der Waals surface area contributed by atoms with E-state index < -0.39 is 17.7 Å². The Morgan fingerprint density at radius 2 is 1.96 bits per heavy atom. The normalized spacial score (nSPS) is 23.6. The number of nitrogens with zero attached hydrogens (tertiary/aromatic N) is 1. The summed E-state index contributed by atoms with van der Waals surface area (Å²) in [6.45, 7) is 9.06. The molecule has 0 aromatic heterocycles. The van der Waals surface area contributed by atoms with Gasteiger partial charge in [0.1, 0.15) is 5.03 Å². The first-order chi connectivity index (χ1) is 10.9. The second-order valence-corrected chi connectivity index (χ2v) is 5.76. The van der Waals surface area contributed by atoms with Crippen LogP contribution in [0.3, 0.4) is 0 Å². The van der Waals surface area contributed by atoms with Crippen LogP contribution in [0.25, 0.3) is 0 Å². The molecule has 0 aromatic rings. The van der Waals surface area contributed by atoms with Crippen molar-refractivity contribution in [2.75, 3.05) is 13.2 Å². The van der Waals surface area contributed by atoms with Crippen LogP contribution >= 0.6 is 12.0 Å². The van der Waals surface area contributed by atoms with Crippen LogP contribution in [0, 0.1) is 0 Å². The van der Waals surface area contributed by atoms with Gasteiger partial charge in [0, 0.05) is 6.42 Å². The van der Waals surface area contributed by atoms with Crippen LogP contribution in [0.5, 0.6) is 0 Å². The minimum absolute atomic E-state index is 0.0794. The first-order valence-corrected chi connectivity index (χ1v) is 8.06. The summed E-state index contributed by atoms with van der Waals surface area (Å²) in [7, 11) is 0. The molecule has 0 bridgehead atoms. The molecule has 7 nitrogen and oxygen atoms in total. The van der Waals surface area contributed by atoms with E-state index in [9.17, 15) is 14.4 Å². The molecule has 2 heterocycles. The van der Waals surface area contributed by atoms with Gasteiger partial charge in [0.05, 0.1) is 30.8 Å². The summed E-state index contributed by atoms with van der Waals surface area (Å²) >= 11 is 0.804. The Morgan fingerprint density at radius 1 is 1.30 bits per heavy atom. The SMILES string of the molecule is C=C(C)C1(C(=O)OCC)OSC2=C(C(=O)OCC)CCC(=O)N21. The number of carbonyl (C=O) groups excluding carboxylic acids is 3. The summed E-state index contributed by atoms with van der Waals surface area (Å²) in [6.07, 6.45) is 0.324. The lowest BCUT2D eigenvalue weighted by molar-refractivity contribution is -0.173. The van der Waals surface area contributed by atoms with E-state index in [0.29, 0.717) is 11.1 Å². The first kappa shape index (κ1) is 17.6. The zero-order valence-corrected chi connectivity index (χ0v) is 14.2. The number of fused-ring (bicyclic) bond motifs is 1. The monoisotopic (exact) mass is 341 g/mol. The molecule has 2 aliphatic rings. The number of hydrogen-bond donors (Lipinski definition) is 0. The molecule has 0 spiro atoms. The molecule has 0 aliphatic carbocycles. The van der Waals surface area contributed by atoms with Crippen molar-refractivity contribution in [3.05, 3.63) is 22.8 Å². The van der Waals surface area contributed by atoms with E-state index in [4.69, 9.17) is 13.7 Å². The predicted molar refractivity (Wildman–Crippen MR) is 82.6 cm³/mol. The van der Waals surface area contributed by atoms with Crippen LogP contribution in [0.1, 0.15) is 33.6 Å². The van der Waals surface area contributed by atoms with Gasteiger partial charge in [0.2, 0.25) is 5.91 Å². The third-order valence-electron chi connectivity index (χ3n) is 3.51. The lowest BCUT2D eigenvalue weighted by Gasteiger charge is -2.35. The van der Waals surface area contributed by atoms with Crippen LogP contribution in [-0.2, 0) is 28.0 Å². The predicted octanol–water partition coefficient (Wildman–Crippen LogP) is 1.90. The average molecular weight is 341 g/mol. The van der Waals surface area contributed by atoms with Gasteiger partial charge in [0.25, 0.3) is 5.72 Å². The number of carbonyl (C=O) groups is 3. The van der Waals surface area contributed by atoms with Crippen molar-refractivity contribution in [3.8, 4) is 0 Å². The molecular formula is C15H19NO6S. The molecule has 0 saturated carbocycles. The summed E-state index contributed by atoms with van der Waals surface area (Å²) in [5.74, 6) is -1.57. The van der Waals surface area contributed by atoms with E-state index >= 15 is 0 Å². The smallest absolute Gasteiger partial charge is 0.366 e. The van der Waals surface area contributed by atoms with Crippen LogP contribution in [-0.4, -0.2) is 41.7 Å². The molecule has 0 radical (unpaired) electrons. The van der Waals surface area contributed by atoms with E-state index in [-0.39, 0.29) is 37.0 Å². The Labute approximate surface area is 138 Å². The molecule has 1 fully saturated rings. The zero-order valence-electron chi connectivity index (χ0n) is 13.3. The van der Waals surface area contributed by atoms with Crippen molar-refractivity contribution in [2.24, 2.45) is 0 Å². The molecule has 0 aromatic carbocycles. The van der Waals surface area contributed by atoms with Gasteiger partial charge in [-0.2, -0.15) is 0 Å². The lowest BCUT2D eigenvalue weighted by atomic mass is 9.99. The molecule has 8 heteroatoms. The second-order valence-electron chi connectivity index (χ2n) is 5.04. The minimum atomic E-state index is -1.74. The van der Waals surface area contributed by atoms with Gasteiger partial charge in [0.15, 0.2) is 0 Å². The van der Waals surface area contributed by atoms with Crippen molar-refractivity contribution in [2.45, 2.75) is 39.3 Å². The van der Waals surface area contributed by atoms with Crippen LogP contribution in [0.15, 0.2) is 22.8 Å². The maximum Gasteiger partial charge on any atom is 0.366 e.